The molecule has 1 unspecified atom stereocenters. The summed E-state index contributed by atoms with van der Waals surface area (Å²) in [5, 5.41) is 22.9. The van der Waals surface area contributed by atoms with Crippen LogP contribution in [0.15, 0.2) is 12.2 Å². The fraction of sp³-hybridized carbons (Fsp3) is 0.917. The molecule has 0 spiro atoms. The highest BCUT2D eigenvalue weighted by molar-refractivity contribution is 9.09. The minimum absolute atomic E-state index is 0.0669. The highest BCUT2D eigenvalue weighted by Gasteiger charge is 2.17. The van der Waals surface area contributed by atoms with E-state index in [-0.39, 0.29) is 12.5 Å². The molecule has 5 heteroatoms. The first-order valence-corrected chi connectivity index (χ1v) is 18.9. The number of hydrogen-bond acceptors (Lipinski definition) is 3. The van der Waals surface area contributed by atoms with Crippen LogP contribution in [-0.4, -0.2) is 39.7 Å². The predicted octanol–water partition coefficient (Wildman–Crippen LogP) is 10.7. The Labute approximate surface area is 264 Å². The third-order valence-corrected chi connectivity index (χ3v) is 9.22. The third-order valence-electron chi connectivity index (χ3n) is 8.31. The molecule has 3 N–H and O–H groups in total. The summed E-state index contributed by atoms with van der Waals surface area (Å²) < 4.78 is 0. The van der Waals surface area contributed by atoms with E-state index in [0.29, 0.717) is 11.2 Å². The molecule has 0 aliphatic heterocycles. The smallest absolute Gasteiger partial charge is 0.220 e. The van der Waals surface area contributed by atoms with Gasteiger partial charge < -0.3 is 15.5 Å². The van der Waals surface area contributed by atoms with Gasteiger partial charge in [0.15, 0.2) is 0 Å². The van der Waals surface area contributed by atoms with Gasteiger partial charge in [-0.15, -0.1) is 0 Å². The van der Waals surface area contributed by atoms with Crippen molar-refractivity contribution in [1.29, 1.82) is 0 Å². The molecule has 1 amide bonds. The van der Waals surface area contributed by atoms with E-state index in [4.69, 9.17) is 0 Å². The Morgan fingerprint density at radius 3 is 1.61 bits per heavy atom. The Morgan fingerprint density at radius 2 is 1.10 bits per heavy atom. The zero-order valence-electron chi connectivity index (χ0n) is 27.4. The number of amides is 1. The summed E-state index contributed by atoms with van der Waals surface area (Å²) in [6.45, 7) is 4.28. The van der Waals surface area contributed by atoms with Crippen molar-refractivity contribution in [2.75, 3.05) is 6.61 Å². The van der Waals surface area contributed by atoms with Crippen molar-refractivity contribution in [2.45, 2.75) is 204 Å². The fourth-order valence-corrected chi connectivity index (χ4v) is 6.10. The van der Waals surface area contributed by atoms with Gasteiger partial charge in [-0.05, 0) is 32.1 Å². The Balaban J connectivity index is 3.64. The van der Waals surface area contributed by atoms with Crippen LogP contribution in [0.5, 0.6) is 0 Å². The summed E-state index contributed by atoms with van der Waals surface area (Å²) in [6, 6.07) is -0.620. The van der Waals surface area contributed by atoms with Crippen molar-refractivity contribution in [1.82, 2.24) is 5.32 Å². The van der Waals surface area contributed by atoms with E-state index in [0.717, 1.165) is 25.7 Å². The molecule has 0 saturated carbocycles. The summed E-state index contributed by atoms with van der Waals surface area (Å²) in [7, 11) is 0. The average molecular weight is 645 g/mol. The zero-order chi connectivity index (χ0) is 30.2. The minimum Gasteiger partial charge on any atom is -0.394 e. The second-order valence-electron chi connectivity index (χ2n) is 12.4. The number of hydrogen-bond donors (Lipinski definition) is 3. The van der Waals surface area contributed by atoms with Crippen LogP contribution >= 0.6 is 15.9 Å². The second-order valence-corrected chi connectivity index (χ2v) is 13.7. The average Bonchev–Trinajstić information content (AvgIpc) is 2.97. The number of aliphatic hydroxyl groups is 2. The van der Waals surface area contributed by atoms with E-state index < -0.39 is 12.1 Å². The molecule has 3 atom stereocenters. The summed E-state index contributed by atoms with van der Waals surface area (Å²) in [5.74, 6) is -0.0669. The van der Waals surface area contributed by atoms with E-state index in [1.807, 2.05) is 6.08 Å². The van der Waals surface area contributed by atoms with Gasteiger partial charge in [0.05, 0.1) is 18.8 Å². The molecule has 0 bridgehead atoms. The molecule has 0 aromatic rings. The number of nitrogens with one attached hydrogen (secondary N) is 1. The Hall–Kier alpha value is -0.390. The number of rotatable bonds is 32. The van der Waals surface area contributed by atoms with E-state index in [9.17, 15) is 15.0 Å². The van der Waals surface area contributed by atoms with E-state index in [1.165, 1.54) is 141 Å². The number of alkyl halides is 1. The molecule has 41 heavy (non-hydrogen) atoms. The van der Waals surface area contributed by atoms with E-state index in [2.05, 4.69) is 35.1 Å². The van der Waals surface area contributed by atoms with Crippen LogP contribution in [0.3, 0.4) is 0 Å². The van der Waals surface area contributed by atoms with Crippen LogP contribution in [0.4, 0.5) is 0 Å². The molecular weight excluding hydrogens is 574 g/mol. The summed E-state index contributed by atoms with van der Waals surface area (Å²) in [5.41, 5.74) is 0. The normalized spacial score (nSPS) is 14.0. The molecule has 0 heterocycles. The fourth-order valence-electron chi connectivity index (χ4n) is 5.45. The molecular formula is C36H70BrNO3. The minimum atomic E-state index is -0.838. The first-order valence-electron chi connectivity index (χ1n) is 17.9. The largest absolute Gasteiger partial charge is 0.394 e. The van der Waals surface area contributed by atoms with Crippen molar-refractivity contribution >= 4 is 21.8 Å². The molecule has 0 aliphatic rings. The van der Waals surface area contributed by atoms with Gasteiger partial charge in [-0.3, -0.25) is 4.79 Å². The Kier molecular flexibility index (Phi) is 32.2. The molecule has 0 fully saturated rings. The maximum atomic E-state index is 12.3. The van der Waals surface area contributed by atoms with Gasteiger partial charge in [0.1, 0.15) is 0 Å². The van der Waals surface area contributed by atoms with E-state index >= 15 is 0 Å². The number of aliphatic hydroxyl groups excluding tert-OH is 2. The molecule has 244 valence electrons. The lowest BCUT2D eigenvalue weighted by Gasteiger charge is -2.20. The van der Waals surface area contributed by atoms with Crippen molar-refractivity contribution in [2.24, 2.45) is 0 Å². The Morgan fingerprint density at radius 1 is 0.659 bits per heavy atom. The lowest BCUT2D eigenvalue weighted by molar-refractivity contribution is -0.123. The highest BCUT2D eigenvalue weighted by atomic mass is 79.9. The maximum Gasteiger partial charge on any atom is 0.220 e. The molecule has 0 aromatic carbocycles. The number of halogens is 1. The number of unbranched alkanes of at least 4 members (excludes halogenated alkanes) is 21. The van der Waals surface area contributed by atoms with Crippen molar-refractivity contribution in [3.63, 3.8) is 0 Å². The van der Waals surface area contributed by atoms with Gasteiger partial charge in [0.25, 0.3) is 0 Å². The molecule has 0 saturated heterocycles. The number of carbonyl (C=O) groups is 1. The zero-order valence-corrected chi connectivity index (χ0v) is 29.0. The van der Waals surface area contributed by atoms with Gasteiger partial charge in [0.2, 0.25) is 5.91 Å². The van der Waals surface area contributed by atoms with Crippen LogP contribution in [0.2, 0.25) is 0 Å². The third kappa shape index (κ3) is 29.5. The van der Waals surface area contributed by atoms with Gasteiger partial charge in [-0.25, -0.2) is 0 Å². The molecule has 0 aliphatic carbocycles. The SMILES string of the molecule is CCCCCCCCCCCCCCCCCC(=O)N[C@@H](CO)[C@H](O)/C=C/CCCCCCCCC(Br)CCCC. The van der Waals surface area contributed by atoms with Crippen LogP contribution in [0, 0.1) is 0 Å². The maximum absolute atomic E-state index is 12.3. The van der Waals surface area contributed by atoms with Gasteiger partial charge in [-0.2, -0.15) is 0 Å². The lowest BCUT2D eigenvalue weighted by Crippen LogP contribution is -2.45. The van der Waals surface area contributed by atoms with Crippen molar-refractivity contribution in [3.05, 3.63) is 12.2 Å². The topological polar surface area (TPSA) is 69.6 Å². The molecule has 0 radical (unpaired) electrons. The predicted molar refractivity (Wildman–Crippen MR) is 183 cm³/mol. The van der Waals surface area contributed by atoms with Gasteiger partial charge in [0, 0.05) is 11.2 Å². The van der Waals surface area contributed by atoms with Crippen LogP contribution in [0.25, 0.3) is 0 Å². The van der Waals surface area contributed by atoms with Gasteiger partial charge >= 0.3 is 0 Å². The van der Waals surface area contributed by atoms with Gasteiger partial charge in [-0.1, -0.05) is 177 Å². The van der Waals surface area contributed by atoms with Crippen LogP contribution in [-0.2, 0) is 4.79 Å². The molecule has 0 aromatic heterocycles. The molecule has 0 rings (SSSR count). The summed E-state index contributed by atoms with van der Waals surface area (Å²) >= 11 is 3.80. The van der Waals surface area contributed by atoms with Crippen LogP contribution in [0.1, 0.15) is 187 Å². The first-order chi connectivity index (χ1) is 20.0. The summed E-state index contributed by atoms with van der Waals surface area (Å²) in [4.78, 5) is 13.0. The van der Waals surface area contributed by atoms with Crippen molar-refractivity contribution in [3.8, 4) is 0 Å². The summed E-state index contributed by atoms with van der Waals surface area (Å²) in [6.07, 6.45) is 36.7. The number of carbonyl (C=O) groups excluding carboxylic acids is 1. The van der Waals surface area contributed by atoms with Crippen molar-refractivity contribution < 1.29 is 15.0 Å². The van der Waals surface area contributed by atoms with Crippen LogP contribution < -0.4 is 5.32 Å². The molecule has 4 nitrogen and oxygen atoms in total. The quantitative estimate of drug-likeness (QED) is 0.0388. The highest BCUT2D eigenvalue weighted by Crippen LogP contribution is 2.18. The first kappa shape index (κ1) is 40.6. The number of allylic oxidation sites excluding steroid dienone is 1. The second kappa shape index (κ2) is 32.5. The monoisotopic (exact) mass is 643 g/mol. The Bertz CT molecular complexity index is 571. The van der Waals surface area contributed by atoms with E-state index in [1.54, 1.807) is 6.08 Å². The standard InChI is InChI=1S/C36H70BrNO3/c1-3-5-7-8-9-10-11-12-13-14-15-16-21-24-27-31-36(41)38-34(32-39)35(40)30-26-23-20-18-17-19-22-25-29-33(37)28-6-4-2/h26,30,33-35,39-40H,3-25,27-29,31-32H2,1-2H3,(H,38,41)/b30-26+/t33?,34-,35+/m0/s1. The lowest BCUT2D eigenvalue weighted by atomic mass is 10.0.